The van der Waals surface area contributed by atoms with Crippen molar-refractivity contribution in [3.63, 3.8) is 0 Å². The van der Waals surface area contributed by atoms with Gasteiger partial charge in [-0.1, -0.05) is 13.0 Å². The predicted molar refractivity (Wildman–Crippen MR) is 71.7 cm³/mol. The fourth-order valence-corrected chi connectivity index (χ4v) is 1.80. The second-order valence-electron chi connectivity index (χ2n) is 4.36. The molecule has 0 amide bonds. The molecule has 0 unspecified atom stereocenters. The first-order valence-corrected chi connectivity index (χ1v) is 6.09. The molecule has 0 bridgehead atoms. The zero-order valence-corrected chi connectivity index (χ0v) is 11.2. The van der Waals surface area contributed by atoms with Crippen molar-refractivity contribution in [2.45, 2.75) is 19.5 Å². The molecule has 1 N–H and O–H groups in total. The van der Waals surface area contributed by atoms with E-state index in [0.717, 1.165) is 18.6 Å². The zero-order chi connectivity index (χ0) is 15.3. The molecule has 0 heterocycles. The largest absolute Gasteiger partial charge is 0.478 e. The number of rotatable bonds is 5. The first-order chi connectivity index (χ1) is 9.25. The summed E-state index contributed by atoms with van der Waals surface area (Å²) < 4.78 is 39.0. The number of aliphatic carboxylic acids is 1. The summed E-state index contributed by atoms with van der Waals surface area (Å²) in [5.74, 6) is -1.29. The number of benzene rings is 1. The Balaban J connectivity index is 3.23. The van der Waals surface area contributed by atoms with Crippen LogP contribution in [0, 0.1) is 0 Å². The standard InChI is InChI=1S/C14H16F3NO2/c1-3-8-18(2)11-6-4-10(5-7-13(19)20)12(9-11)14(15,16)17/h4-7,9H,3,8H2,1-2H3,(H,19,20)/b7-5+. The Hall–Kier alpha value is -1.98. The molecule has 0 radical (unpaired) electrons. The van der Waals surface area contributed by atoms with Gasteiger partial charge in [-0.05, 0) is 30.2 Å². The maximum absolute atomic E-state index is 13.0. The molecule has 0 spiro atoms. The van der Waals surface area contributed by atoms with Gasteiger partial charge in [-0.2, -0.15) is 13.2 Å². The van der Waals surface area contributed by atoms with Crippen LogP contribution < -0.4 is 4.90 Å². The van der Waals surface area contributed by atoms with Crippen molar-refractivity contribution in [2.75, 3.05) is 18.5 Å². The normalized spacial score (nSPS) is 11.8. The molecular formula is C14H16F3NO2. The molecule has 6 heteroatoms. The van der Waals surface area contributed by atoms with E-state index >= 15 is 0 Å². The van der Waals surface area contributed by atoms with E-state index in [2.05, 4.69) is 0 Å². The number of alkyl halides is 3. The van der Waals surface area contributed by atoms with Gasteiger partial charge in [-0.25, -0.2) is 4.79 Å². The summed E-state index contributed by atoms with van der Waals surface area (Å²) in [6, 6.07) is 3.87. The van der Waals surface area contributed by atoms with Gasteiger partial charge in [-0.15, -0.1) is 0 Å². The fourth-order valence-electron chi connectivity index (χ4n) is 1.80. The van der Waals surface area contributed by atoms with Crippen LogP contribution in [0.4, 0.5) is 18.9 Å². The van der Waals surface area contributed by atoms with Crippen molar-refractivity contribution in [1.82, 2.24) is 0 Å². The topological polar surface area (TPSA) is 40.5 Å². The average Bonchev–Trinajstić information content (AvgIpc) is 2.35. The molecule has 0 fully saturated rings. The molecule has 0 aromatic heterocycles. The van der Waals surface area contributed by atoms with E-state index in [1.165, 1.54) is 6.07 Å². The van der Waals surface area contributed by atoms with Gasteiger partial charge in [-0.3, -0.25) is 0 Å². The minimum Gasteiger partial charge on any atom is -0.478 e. The van der Waals surface area contributed by atoms with Crippen LogP contribution in [0.15, 0.2) is 24.3 Å². The van der Waals surface area contributed by atoms with Crippen molar-refractivity contribution in [1.29, 1.82) is 0 Å². The Morgan fingerprint density at radius 2 is 2.05 bits per heavy atom. The third-order valence-electron chi connectivity index (χ3n) is 2.75. The molecule has 1 aromatic carbocycles. The maximum Gasteiger partial charge on any atom is 0.417 e. The van der Waals surface area contributed by atoms with E-state index in [9.17, 15) is 18.0 Å². The van der Waals surface area contributed by atoms with E-state index in [-0.39, 0.29) is 5.56 Å². The SMILES string of the molecule is CCCN(C)c1ccc(/C=C/C(=O)O)c(C(F)(F)F)c1. The van der Waals surface area contributed by atoms with Gasteiger partial charge in [0.15, 0.2) is 0 Å². The lowest BCUT2D eigenvalue weighted by Crippen LogP contribution is -2.19. The molecular weight excluding hydrogens is 271 g/mol. The summed E-state index contributed by atoms with van der Waals surface area (Å²) in [5.41, 5.74) is -0.546. The van der Waals surface area contributed by atoms with Gasteiger partial charge in [0.25, 0.3) is 0 Å². The summed E-state index contributed by atoms with van der Waals surface area (Å²) in [6.07, 6.45) is -2.06. The van der Waals surface area contributed by atoms with Crippen molar-refractivity contribution in [3.8, 4) is 0 Å². The van der Waals surface area contributed by atoms with Crippen LogP contribution in [0.5, 0.6) is 0 Å². The highest BCUT2D eigenvalue weighted by Gasteiger charge is 2.33. The van der Waals surface area contributed by atoms with Gasteiger partial charge in [0.05, 0.1) is 5.56 Å². The fraction of sp³-hybridized carbons (Fsp3) is 0.357. The van der Waals surface area contributed by atoms with Gasteiger partial charge in [0.1, 0.15) is 0 Å². The molecule has 0 aliphatic rings. The summed E-state index contributed by atoms with van der Waals surface area (Å²) in [7, 11) is 1.71. The van der Waals surface area contributed by atoms with E-state index < -0.39 is 17.7 Å². The van der Waals surface area contributed by atoms with Gasteiger partial charge >= 0.3 is 12.1 Å². The van der Waals surface area contributed by atoms with Gasteiger partial charge < -0.3 is 10.0 Å². The number of carbonyl (C=O) groups is 1. The van der Waals surface area contributed by atoms with Crippen LogP contribution >= 0.6 is 0 Å². The lowest BCUT2D eigenvalue weighted by Gasteiger charge is -2.21. The third kappa shape index (κ3) is 4.29. The highest BCUT2D eigenvalue weighted by molar-refractivity contribution is 5.85. The smallest absolute Gasteiger partial charge is 0.417 e. The number of nitrogens with zero attached hydrogens (tertiary/aromatic N) is 1. The van der Waals surface area contributed by atoms with E-state index in [1.807, 2.05) is 6.92 Å². The van der Waals surface area contributed by atoms with Crippen molar-refractivity contribution in [2.24, 2.45) is 0 Å². The first-order valence-electron chi connectivity index (χ1n) is 6.09. The Labute approximate surface area is 115 Å². The minimum absolute atomic E-state index is 0.159. The number of carboxylic acids is 1. The lowest BCUT2D eigenvalue weighted by atomic mass is 10.0. The Morgan fingerprint density at radius 1 is 1.40 bits per heavy atom. The Morgan fingerprint density at radius 3 is 2.55 bits per heavy atom. The van der Waals surface area contributed by atoms with Crippen molar-refractivity contribution >= 4 is 17.7 Å². The Bertz CT molecular complexity index is 510. The van der Waals surface area contributed by atoms with E-state index in [4.69, 9.17) is 5.11 Å². The zero-order valence-electron chi connectivity index (χ0n) is 11.2. The summed E-state index contributed by atoms with van der Waals surface area (Å²) in [6.45, 7) is 2.58. The maximum atomic E-state index is 13.0. The molecule has 0 atom stereocenters. The van der Waals surface area contributed by atoms with Crippen LogP contribution in [0.1, 0.15) is 24.5 Å². The molecule has 20 heavy (non-hydrogen) atoms. The minimum atomic E-state index is -4.53. The van der Waals surface area contributed by atoms with Crippen molar-refractivity contribution < 1.29 is 23.1 Å². The predicted octanol–water partition coefficient (Wildman–Crippen LogP) is 3.65. The molecule has 110 valence electrons. The monoisotopic (exact) mass is 287 g/mol. The summed E-state index contributed by atoms with van der Waals surface area (Å²) >= 11 is 0. The first kappa shape index (κ1) is 16.1. The van der Waals surface area contributed by atoms with Gasteiger partial charge in [0, 0.05) is 25.4 Å². The van der Waals surface area contributed by atoms with Crippen LogP contribution in [0.25, 0.3) is 6.08 Å². The van der Waals surface area contributed by atoms with Crippen LogP contribution in [-0.2, 0) is 11.0 Å². The molecule has 0 aliphatic heterocycles. The van der Waals surface area contributed by atoms with Crippen LogP contribution in [0.2, 0.25) is 0 Å². The second-order valence-corrected chi connectivity index (χ2v) is 4.36. The highest BCUT2D eigenvalue weighted by atomic mass is 19.4. The summed E-state index contributed by atoms with van der Waals surface area (Å²) in [4.78, 5) is 12.1. The van der Waals surface area contributed by atoms with Crippen LogP contribution in [-0.4, -0.2) is 24.7 Å². The molecule has 0 aliphatic carbocycles. The highest BCUT2D eigenvalue weighted by Crippen LogP contribution is 2.35. The second kappa shape index (κ2) is 6.45. The summed E-state index contributed by atoms with van der Waals surface area (Å²) in [5, 5.41) is 8.50. The number of hydrogen-bond donors (Lipinski definition) is 1. The molecule has 1 rings (SSSR count). The molecule has 0 saturated heterocycles. The molecule has 1 aromatic rings. The van der Waals surface area contributed by atoms with Crippen molar-refractivity contribution in [3.05, 3.63) is 35.4 Å². The lowest BCUT2D eigenvalue weighted by molar-refractivity contribution is -0.137. The average molecular weight is 287 g/mol. The van der Waals surface area contributed by atoms with E-state index in [1.54, 1.807) is 18.0 Å². The number of carboxylic acid groups (broad SMARTS) is 1. The Kier molecular flexibility index (Phi) is 5.19. The van der Waals surface area contributed by atoms with Crippen LogP contribution in [0.3, 0.4) is 0 Å². The number of hydrogen-bond acceptors (Lipinski definition) is 2. The molecule has 3 nitrogen and oxygen atoms in total. The van der Waals surface area contributed by atoms with E-state index in [0.29, 0.717) is 18.3 Å². The number of halogens is 3. The molecule has 0 saturated carbocycles. The number of anilines is 1. The quantitative estimate of drug-likeness (QED) is 0.840. The van der Waals surface area contributed by atoms with Gasteiger partial charge in [0.2, 0.25) is 0 Å². The third-order valence-corrected chi connectivity index (χ3v) is 2.75.